The van der Waals surface area contributed by atoms with Crippen LogP contribution in [0.5, 0.6) is 0 Å². The summed E-state index contributed by atoms with van der Waals surface area (Å²) in [6.07, 6.45) is 10.7. The van der Waals surface area contributed by atoms with Crippen molar-refractivity contribution in [2.24, 2.45) is 7.05 Å². The Balaban J connectivity index is 1.32. The van der Waals surface area contributed by atoms with Crippen LogP contribution in [0.2, 0.25) is 0 Å². The summed E-state index contributed by atoms with van der Waals surface area (Å²) in [6, 6.07) is 12.0. The Morgan fingerprint density at radius 3 is 2.59 bits per heavy atom. The molecule has 1 aromatic heterocycles. The Morgan fingerprint density at radius 1 is 1.04 bits per heavy atom. The maximum absolute atomic E-state index is 12.4. The molecule has 2 aromatic rings. The molecule has 0 amide bonds. The normalized spacial score (nSPS) is 26.1. The molecular weight excluding hydrogens is 336 g/mol. The molecule has 1 saturated carbocycles. The van der Waals surface area contributed by atoms with Gasteiger partial charge in [0.1, 0.15) is 0 Å². The molecule has 0 radical (unpaired) electrons. The van der Waals surface area contributed by atoms with E-state index in [0.29, 0.717) is 23.8 Å². The zero-order valence-electron chi connectivity index (χ0n) is 16.2. The van der Waals surface area contributed by atoms with E-state index in [1.54, 1.807) is 24.0 Å². The third-order valence-electron chi connectivity index (χ3n) is 6.19. The van der Waals surface area contributed by atoms with Gasteiger partial charge in [0, 0.05) is 44.6 Å². The highest BCUT2D eigenvalue weighted by Gasteiger charge is 2.27. The largest absolute Gasteiger partial charge is 0.350 e. The number of benzene rings is 1. The van der Waals surface area contributed by atoms with Gasteiger partial charge in [-0.15, -0.1) is 0 Å². The van der Waals surface area contributed by atoms with Crippen LogP contribution in [0.4, 0.5) is 5.82 Å². The molecule has 1 aliphatic heterocycles. The fourth-order valence-electron chi connectivity index (χ4n) is 4.66. The van der Waals surface area contributed by atoms with Gasteiger partial charge in [0.2, 0.25) is 0 Å². The van der Waals surface area contributed by atoms with Gasteiger partial charge in [0.05, 0.1) is 0 Å². The van der Waals surface area contributed by atoms with Crippen LogP contribution in [0.1, 0.15) is 50.0 Å². The van der Waals surface area contributed by atoms with Crippen LogP contribution < -0.4 is 15.8 Å². The minimum atomic E-state index is 0.00141. The second kappa shape index (κ2) is 8.26. The summed E-state index contributed by atoms with van der Waals surface area (Å²) < 4.78 is 1.62. The molecule has 0 unspecified atom stereocenters. The Hall–Kier alpha value is -2.14. The molecular formula is C22H30N4O. The predicted octanol–water partition coefficient (Wildman–Crippen LogP) is 3.07. The maximum Gasteiger partial charge on any atom is 0.293 e. The summed E-state index contributed by atoms with van der Waals surface area (Å²) in [6.45, 7) is 1.80. The van der Waals surface area contributed by atoms with E-state index in [9.17, 15) is 4.79 Å². The van der Waals surface area contributed by atoms with Crippen LogP contribution >= 0.6 is 0 Å². The third-order valence-corrected chi connectivity index (χ3v) is 6.19. The number of aryl methyl sites for hydroxylation is 1. The minimum absolute atomic E-state index is 0.00141. The van der Waals surface area contributed by atoms with E-state index in [1.165, 1.54) is 37.7 Å². The smallest absolute Gasteiger partial charge is 0.293 e. The number of rotatable bonds is 4. The van der Waals surface area contributed by atoms with Crippen molar-refractivity contribution in [3.8, 4) is 0 Å². The van der Waals surface area contributed by atoms with Crippen molar-refractivity contribution in [1.82, 2.24) is 14.9 Å². The zero-order chi connectivity index (χ0) is 18.6. The predicted molar refractivity (Wildman–Crippen MR) is 109 cm³/mol. The molecule has 5 heteroatoms. The van der Waals surface area contributed by atoms with Gasteiger partial charge < -0.3 is 14.8 Å². The summed E-state index contributed by atoms with van der Waals surface area (Å²) in [5, 5.41) is 3.89. The fraction of sp³-hybridized carbons (Fsp3) is 0.545. The average Bonchev–Trinajstić information content (AvgIpc) is 2.71. The van der Waals surface area contributed by atoms with E-state index in [-0.39, 0.29) is 5.56 Å². The van der Waals surface area contributed by atoms with Crippen LogP contribution in [-0.2, 0) is 7.05 Å². The number of hydrogen-bond acceptors (Lipinski definition) is 4. The van der Waals surface area contributed by atoms with Gasteiger partial charge in [-0.2, -0.15) is 0 Å². The van der Waals surface area contributed by atoms with E-state index in [1.807, 2.05) is 0 Å². The molecule has 1 atom stereocenters. The SMILES string of the molecule is Cn1ccnc(N2CCC[C@@H](NC3CCC(c4ccccc4)CC3)C2)c1=O. The number of anilines is 1. The Kier molecular flexibility index (Phi) is 5.58. The van der Waals surface area contributed by atoms with Crippen molar-refractivity contribution < 1.29 is 0 Å². The highest BCUT2D eigenvalue weighted by atomic mass is 16.1. The lowest BCUT2D eigenvalue weighted by molar-refractivity contribution is 0.295. The molecule has 4 rings (SSSR count). The Morgan fingerprint density at radius 2 is 1.81 bits per heavy atom. The van der Waals surface area contributed by atoms with Crippen LogP contribution in [0.3, 0.4) is 0 Å². The number of aromatic nitrogens is 2. The average molecular weight is 367 g/mol. The van der Waals surface area contributed by atoms with Crippen molar-refractivity contribution in [2.75, 3.05) is 18.0 Å². The first kappa shape index (κ1) is 18.2. The molecule has 1 N–H and O–H groups in total. The van der Waals surface area contributed by atoms with Crippen molar-refractivity contribution in [2.45, 2.75) is 56.5 Å². The second-order valence-corrected chi connectivity index (χ2v) is 8.08. The van der Waals surface area contributed by atoms with Gasteiger partial charge in [0.25, 0.3) is 5.56 Å². The molecule has 144 valence electrons. The molecule has 2 fully saturated rings. The first-order valence-corrected chi connectivity index (χ1v) is 10.3. The molecule has 1 aromatic carbocycles. The number of hydrogen-bond donors (Lipinski definition) is 1. The number of piperidine rings is 1. The van der Waals surface area contributed by atoms with Gasteiger partial charge in [-0.05, 0) is 50.0 Å². The lowest BCUT2D eigenvalue weighted by Gasteiger charge is -2.37. The number of nitrogens with zero attached hydrogens (tertiary/aromatic N) is 3. The van der Waals surface area contributed by atoms with E-state index >= 15 is 0 Å². The summed E-state index contributed by atoms with van der Waals surface area (Å²) in [5.41, 5.74) is 1.49. The van der Waals surface area contributed by atoms with Crippen LogP contribution in [0.15, 0.2) is 47.5 Å². The Labute approximate surface area is 161 Å². The van der Waals surface area contributed by atoms with Gasteiger partial charge in [-0.1, -0.05) is 30.3 Å². The quantitative estimate of drug-likeness (QED) is 0.904. The standard InChI is InChI=1S/C22H30N4O/c1-25-15-13-23-21(22(25)27)26-14-5-8-20(16-26)24-19-11-9-18(10-12-19)17-6-3-2-4-7-17/h2-4,6-7,13,15,18-20,24H,5,8-12,14,16H2,1H3/t18?,19?,20-/m1/s1. The minimum Gasteiger partial charge on any atom is -0.350 e. The molecule has 1 aliphatic carbocycles. The van der Waals surface area contributed by atoms with Gasteiger partial charge in [-0.25, -0.2) is 4.98 Å². The molecule has 0 spiro atoms. The lowest BCUT2D eigenvalue weighted by Crippen LogP contribution is -2.51. The highest BCUT2D eigenvalue weighted by Crippen LogP contribution is 2.33. The van der Waals surface area contributed by atoms with Crippen LogP contribution in [0.25, 0.3) is 0 Å². The van der Waals surface area contributed by atoms with Crippen LogP contribution in [-0.4, -0.2) is 34.7 Å². The first-order valence-electron chi connectivity index (χ1n) is 10.3. The maximum atomic E-state index is 12.4. The first-order chi connectivity index (χ1) is 13.2. The summed E-state index contributed by atoms with van der Waals surface area (Å²) in [5.74, 6) is 1.31. The zero-order valence-corrected chi connectivity index (χ0v) is 16.2. The van der Waals surface area contributed by atoms with Crippen LogP contribution in [0, 0.1) is 0 Å². The monoisotopic (exact) mass is 366 g/mol. The molecule has 2 heterocycles. The fourth-order valence-corrected chi connectivity index (χ4v) is 4.66. The molecule has 0 bridgehead atoms. The van der Waals surface area contributed by atoms with E-state index in [2.05, 4.69) is 45.5 Å². The molecule has 5 nitrogen and oxygen atoms in total. The lowest BCUT2D eigenvalue weighted by atomic mass is 9.81. The van der Waals surface area contributed by atoms with Crippen molar-refractivity contribution >= 4 is 5.82 Å². The van der Waals surface area contributed by atoms with Gasteiger partial charge in [0.15, 0.2) is 5.82 Å². The van der Waals surface area contributed by atoms with Crippen molar-refractivity contribution in [3.05, 3.63) is 58.6 Å². The number of nitrogens with one attached hydrogen (secondary N) is 1. The summed E-state index contributed by atoms with van der Waals surface area (Å²) in [7, 11) is 1.79. The van der Waals surface area contributed by atoms with E-state index in [0.717, 1.165) is 19.5 Å². The second-order valence-electron chi connectivity index (χ2n) is 8.08. The summed E-state index contributed by atoms with van der Waals surface area (Å²) in [4.78, 5) is 18.9. The molecule has 27 heavy (non-hydrogen) atoms. The van der Waals surface area contributed by atoms with E-state index < -0.39 is 0 Å². The summed E-state index contributed by atoms with van der Waals surface area (Å²) >= 11 is 0. The van der Waals surface area contributed by atoms with Crippen molar-refractivity contribution in [1.29, 1.82) is 0 Å². The van der Waals surface area contributed by atoms with Gasteiger partial charge in [-0.3, -0.25) is 4.79 Å². The van der Waals surface area contributed by atoms with Gasteiger partial charge >= 0.3 is 0 Å². The third kappa shape index (κ3) is 4.24. The van der Waals surface area contributed by atoms with Crippen molar-refractivity contribution in [3.63, 3.8) is 0 Å². The molecule has 1 saturated heterocycles. The Bertz CT molecular complexity index is 795. The van der Waals surface area contributed by atoms with E-state index in [4.69, 9.17) is 0 Å². The topological polar surface area (TPSA) is 50.2 Å². The molecule has 2 aliphatic rings. The highest BCUT2D eigenvalue weighted by molar-refractivity contribution is 5.36.